The van der Waals surface area contributed by atoms with Crippen molar-refractivity contribution in [1.82, 2.24) is 9.88 Å². The van der Waals surface area contributed by atoms with Crippen molar-refractivity contribution < 1.29 is 9.90 Å². The molecule has 3 rings (SSSR count). The average molecular weight is 337 g/mol. The van der Waals surface area contributed by atoms with E-state index in [0.717, 1.165) is 49.9 Å². The quantitative estimate of drug-likeness (QED) is 0.792. The number of carboxylic acids is 1. The van der Waals surface area contributed by atoms with Crippen LogP contribution in [0.25, 0.3) is 6.08 Å². The fourth-order valence-corrected chi connectivity index (χ4v) is 3.04. The molecular formula is C20H23N3O2. The van der Waals surface area contributed by atoms with Gasteiger partial charge in [-0.15, -0.1) is 0 Å². The lowest BCUT2D eigenvalue weighted by Gasteiger charge is -2.32. The normalized spacial score (nSPS) is 16.2. The highest BCUT2D eigenvalue weighted by atomic mass is 16.4. The van der Waals surface area contributed by atoms with Crippen LogP contribution in [0, 0.1) is 0 Å². The molecule has 2 aromatic rings. The molecule has 0 bridgehead atoms. The Kier molecular flexibility index (Phi) is 5.80. The van der Waals surface area contributed by atoms with Crippen LogP contribution in [-0.4, -0.2) is 40.1 Å². The summed E-state index contributed by atoms with van der Waals surface area (Å²) in [5.74, 6) is -0.113. The predicted molar refractivity (Wildman–Crippen MR) is 99.3 cm³/mol. The van der Waals surface area contributed by atoms with E-state index in [9.17, 15) is 4.79 Å². The molecule has 1 aromatic carbocycles. The summed E-state index contributed by atoms with van der Waals surface area (Å²) in [6.07, 6.45) is 6.53. The number of aliphatic carboxylic acids is 1. The van der Waals surface area contributed by atoms with Crippen LogP contribution in [-0.2, 0) is 11.3 Å². The Balaban J connectivity index is 1.46. The van der Waals surface area contributed by atoms with E-state index >= 15 is 0 Å². The SMILES string of the molecule is O=C(O)/C=C/c1ccc(NC2CCN(Cc3ccccc3)CC2)nc1. The van der Waals surface area contributed by atoms with Crippen LogP contribution in [0.15, 0.2) is 54.7 Å². The monoisotopic (exact) mass is 337 g/mol. The molecule has 0 atom stereocenters. The van der Waals surface area contributed by atoms with Crippen molar-refractivity contribution in [3.05, 3.63) is 65.9 Å². The predicted octanol–water partition coefficient (Wildman–Crippen LogP) is 3.26. The van der Waals surface area contributed by atoms with Crippen LogP contribution >= 0.6 is 0 Å². The molecule has 5 heteroatoms. The summed E-state index contributed by atoms with van der Waals surface area (Å²) in [5.41, 5.74) is 2.14. The number of nitrogens with one attached hydrogen (secondary N) is 1. The molecule has 0 amide bonds. The maximum atomic E-state index is 10.5. The van der Waals surface area contributed by atoms with Crippen LogP contribution in [0.3, 0.4) is 0 Å². The number of carbonyl (C=O) groups is 1. The van der Waals surface area contributed by atoms with Crippen LogP contribution in [0.2, 0.25) is 0 Å². The van der Waals surface area contributed by atoms with Crippen molar-refractivity contribution in [2.45, 2.75) is 25.4 Å². The van der Waals surface area contributed by atoms with E-state index < -0.39 is 5.97 Å². The molecule has 0 saturated carbocycles. The second-order valence-electron chi connectivity index (χ2n) is 6.33. The summed E-state index contributed by atoms with van der Waals surface area (Å²) >= 11 is 0. The van der Waals surface area contributed by atoms with Gasteiger partial charge in [0.1, 0.15) is 5.82 Å². The smallest absolute Gasteiger partial charge is 0.328 e. The molecule has 1 saturated heterocycles. The highest BCUT2D eigenvalue weighted by molar-refractivity contribution is 5.85. The molecule has 0 aliphatic carbocycles. The van der Waals surface area contributed by atoms with E-state index in [-0.39, 0.29) is 0 Å². The van der Waals surface area contributed by atoms with Crippen LogP contribution in [0.4, 0.5) is 5.82 Å². The van der Waals surface area contributed by atoms with Gasteiger partial charge in [0.25, 0.3) is 0 Å². The number of carboxylic acid groups (broad SMARTS) is 1. The topological polar surface area (TPSA) is 65.5 Å². The molecule has 0 unspecified atom stereocenters. The summed E-state index contributed by atoms with van der Waals surface area (Å²) in [7, 11) is 0. The molecule has 130 valence electrons. The third kappa shape index (κ3) is 5.43. The molecule has 5 nitrogen and oxygen atoms in total. The summed E-state index contributed by atoms with van der Waals surface area (Å²) < 4.78 is 0. The highest BCUT2D eigenvalue weighted by Crippen LogP contribution is 2.17. The fourth-order valence-electron chi connectivity index (χ4n) is 3.04. The number of nitrogens with zero attached hydrogens (tertiary/aromatic N) is 2. The summed E-state index contributed by atoms with van der Waals surface area (Å²) in [6.45, 7) is 3.16. The van der Waals surface area contributed by atoms with Crippen molar-refractivity contribution in [2.24, 2.45) is 0 Å². The van der Waals surface area contributed by atoms with E-state index in [1.54, 1.807) is 12.3 Å². The van der Waals surface area contributed by atoms with Gasteiger partial charge in [0.05, 0.1) is 0 Å². The van der Waals surface area contributed by atoms with Crippen molar-refractivity contribution >= 4 is 17.9 Å². The third-order valence-electron chi connectivity index (χ3n) is 4.39. The minimum Gasteiger partial charge on any atom is -0.478 e. The lowest BCUT2D eigenvalue weighted by Crippen LogP contribution is -2.38. The number of anilines is 1. The third-order valence-corrected chi connectivity index (χ3v) is 4.39. The lowest BCUT2D eigenvalue weighted by molar-refractivity contribution is -0.131. The second-order valence-corrected chi connectivity index (χ2v) is 6.33. The van der Waals surface area contributed by atoms with Crippen molar-refractivity contribution in [3.8, 4) is 0 Å². The lowest BCUT2D eigenvalue weighted by atomic mass is 10.0. The summed E-state index contributed by atoms with van der Waals surface area (Å²) in [5, 5.41) is 12.1. The number of hydrogen-bond acceptors (Lipinski definition) is 4. The number of hydrogen-bond donors (Lipinski definition) is 2. The average Bonchev–Trinajstić information content (AvgIpc) is 2.64. The minimum atomic E-state index is -0.954. The van der Waals surface area contributed by atoms with Gasteiger partial charge in [0.15, 0.2) is 0 Å². The maximum absolute atomic E-state index is 10.5. The Labute approximate surface area is 148 Å². The molecule has 1 aliphatic rings. The first-order valence-electron chi connectivity index (χ1n) is 8.59. The van der Waals surface area contributed by atoms with Crippen molar-refractivity contribution in [1.29, 1.82) is 0 Å². The molecule has 1 aromatic heterocycles. The van der Waals surface area contributed by atoms with Gasteiger partial charge in [-0.1, -0.05) is 30.3 Å². The molecule has 2 N–H and O–H groups in total. The first kappa shape index (κ1) is 17.2. The Bertz CT molecular complexity index is 705. The van der Waals surface area contributed by atoms with E-state index in [2.05, 4.69) is 45.5 Å². The standard InChI is InChI=1S/C20H23N3O2/c24-20(25)9-7-16-6-8-19(21-14-16)22-18-10-12-23(13-11-18)15-17-4-2-1-3-5-17/h1-9,14,18H,10-13,15H2,(H,21,22)(H,24,25)/b9-7+. The van der Waals surface area contributed by atoms with Crippen molar-refractivity contribution in [3.63, 3.8) is 0 Å². The molecule has 0 spiro atoms. The second kappa shape index (κ2) is 8.44. The molecule has 25 heavy (non-hydrogen) atoms. The Morgan fingerprint density at radius 1 is 1.20 bits per heavy atom. The van der Waals surface area contributed by atoms with Gasteiger partial charge in [-0.25, -0.2) is 9.78 Å². The zero-order valence-corrected chi connectivity index (χ0v) is 14.1. The van der Waals surface area contributed by atoms with Gasteiger partial charge in [-0.2, -0.15) is 0 Å². The van der Waals surface area contributed by atoms with E-state index in [1.165, 1.54) is 5.56 Å². The minimum absolute atomic E-state index is 0.430. The first-order chi connectivity index (χ1) is 12.2. The fraction of sp³-hybridized carbons (Fsp3) is 0.300. The number of aromatic nitrogens is 1. The highest BCUT2D eigenvalue weighted by Gasteiger charge is 2.19. The molecule has 1 fully saturated rings. The van der Waals surface area contributed by atoms with Gasteiger partial charge >= 0.3 is 5.97 Å². The van der Waals surface area contributed by atoms with Crippen LogP contribution in [0.5, 0.6) is 0 Å². The summed E-state index contributed by atoms with van der Waals surface area (Å²) in [4.78, 5) is 17.4. The largest absolute Gasteiger partial charge is 0.478 e. The van der Waals surface area contributed by atoms with Crippen LogP contribution in [0.1, 0.15) is 24.0 Å². The number of piperidine rings is 1. The van der Waals surface area contributed by atoms with E-state index in [1.807, 2.05) is 12.1 Å². The molecular weight excluding hydrogens is 314 g/mol. The zero-order valence-electron chi connectivity index (χ0n) is 14.1. The van der Waals surface area contributed by atoms with Gasteiger partial charge in [-0.05, 0) is 42.2 Å². The Hall–Kier alpha value is -2.66. The maximum Gasteiger partial charge on any atom is 0.328 e. The van der Waals surface area contributed by atoms with E-state index in [4.69, 9.17) is 5.11 Å². The number of likely N-dealkylation sites (tertiary alicyclic amines) is 1. The Morgan fingerprint density at radius 2 is 1.96 bits per heavy atom. The summed E-state index contributed by atoms with van der Waals surface area (Å²) in [6, 6.07) is 14.8. The van der Waals surface area contributed by atoms with Gasteiger partial charge in [-0.3, -0.25) is 4.90 Å². The van der Waals surface area contributed by atoms with Gasteiger partial charge in [0.2, 0.25) is 0 Å². The van der Waals surface area contributed by atoms with Crippen LogP contribution < -0.4 is 5.32 Å². The molecule has 0 radical (unpaired) electrons. The first-order valence-corrected chi connectivity index (χ1v) is 8.59. The molecule has 1 aliphatic heterocycles. The van der Waals surface area contributed by atoms with Gasteiger partial charge < -0.3 is 10.4 Å². The zero-order chi connectivity index (χ0) is 17.5. The van der Waals surface area contributed by atoms with Gasteiger partial charge in [0, 0.05) is 37.9 Å². The molecule has 2 heterocycles. The number of rotatable bonds is 6. The number of benzene rings is 1. The van der Waals surface area contributed by atoms with Crippen molar-refractivity contribution in [2.75, 3.05) is 18.4 Å². The van der Waals surface area contributed by atoms with E-state index in [0.29, 0.717) is 6.04 Å². The number of pyridine rings is 1. The Morgan fingerprint density at radius 3 is 2.60 bits per heavy atom.